The van der Waals surface area contributed by atoms with E-state index in [2.05, 4.69) is 19.8 Å². The van der Waals surface area contributed by atoms with Crippen LogP contribution in [0.1, 0.15) is 49.7 Å². The Morgan fingerprint density at radius 3 is 1.45 bits per heavy atom. The third kappa shape index (κ3) is 9.33. The lowest BCUT2D eigenvalue weighted by Gasteiger charge is -2.26. The Kier molecular flexibility index (Phi) is 11.3. The molecular formula is C30H42N4O4. The maximum atomic E-state index is 10.3. The van der Waals surface area contributed by atoms with E-state index in [1.807, 2.05) is 24.3 Å². The van der Waals surface area contributed by atoms with Gasteiger partial charge in [-0.25, -0.2) is 0 Å². The zero-order valence-electron chi connectivity index (χ0n) is 22.4. The molecule has 2 fully saturated rings. The van der Waals surface area contributed by atoms with E-state index in [1.165, 1.54) is 38.5 Å². The van der Waals surface area contributed by atoms with Gasteiger partial charge in [0.2, 0.25) is 0 Å². The van der Waals surface area contributed by atoms with E-state index >= 15 is 0 Å². The second-order valence-electron chi connectivity index (χ2n) is 10.0. The van der Waals surface area contributed by atoms with Crippen molar-refractivity contribution in [1.82, 2.24) is 9.80 Å². The van der Waals surface area contributed by atoms with Gasteiger partial charge in [0.25, 0.3) is 0 Å². The molecule has 206 valence electrons. The molecule has 38 heavy (non-hydrogen) atoms. The summed E-state index contributed by atoms with van der Waals surface area (Å²) in [5.41, 5.74) is 1.29. The highest BCUT2D eigenvalue weighted by atomic mass is 16.5. The number of nitrogens with zero attached hydrogens (tertiary/aromatic N) is 4. The summed E-state index contributed by atoms with van der Waals surface area (Å²) in [4.78, 5) is 13.6. The highest BCUT2D eigenvalue weighted by Gasteiger charge is 2.11. The molecule has 0 spiro atoms. The first-order chi connectivity index (χ1) is 18.7. The van der Waals surface area contributed by atoms with Crippen LogP contribution in [0.4, 0.5) is 0 Å². The van der Waals surface area contributed by atoms with Crippen LogP contribution in [0, 0.1) is 0 Å². The number of aromatic hydroxyl groups is 2. The molecule has 0 aliphatic carbocycles. The minimum absolute atomic E-state index is 0.149. The van der Waals surface area contributed by atoms with Gasteiger partial charge < -0.3 is 19.7 Å². The topological polar surface area (TPSA) is 90.1 Å². The van der Waals surface area contributed by atoms with Gasteiger partial charge >= 0.3 is 0 Å². The zero-order valence-corrected chi connectivity index (χ0v) is 22.4. The molecule has 2 aromatic rings. The van der Waals surface area contributed by atoms with E-state index in [9.17, 15) is 10.2 Å². The largest absolute Gasteiger partial charge is 0.507 e. The normalized spacial score (nSPS) is 17.4. The first kappa shape index (κ1) is 27.9. The first-order valence-corrected chi connectivity index (χ1v) is 14.0. The van der Waals surface area contributed by atoms with Gasteiger partial charge in [-0.2, -0.15) is 0 Å². The summed E-state index contributed by atoms with van der Waals surface area (Å²) in [6.07, 6.45) is 11.0. The Morgan fingerprint density at radius 1 is 0.632 bits per heavy atom. The van der Waals surface area contributed by atoms with Crippen LogP contribution in [0.3, 0.4) is 0 Å². The fourth-order valence-electron chi connectivity index (χ4n) is 4.84. The minimum Gasteiger partial charge on any atom is -0.507 e. The molecular weight excluding hydrogens is 480 g/mol. The second kappa shape index (κ2) is 15.3. The Labute approximate surface area is 226 Å². The molecule has 8 nitrogen and oxygen atoms in total. The van der Waals surface area contributed by atoms with Crippen molar-refractivity contribution >= 4 is 12.4 Å². The molecule has 2 heterocycles. The highest BCUT2D eigenvalue weighted by Crippen LogP contribution is 2.23. The number of aliphatic imine (C=N–C) groups is 2. The number of rotatable bonds is 13. The van der Waals surface area contributed by atoms with E-state index in [0.717, 1.165) is 39.3 Å². The lowest BCUT2D eigenvalue weighted by atomic mass is 10.1. The number of hydrogen-bond acceptors (Lipinski definition) is 8. The summed E-state index contributed by atoms with van der Waals surface area (Å²) < 4.78 is 11.6. The summed E-state index contributed by atoms with van der Waals surface area (Å²) in [5, 5.41) is 20.6. The van der Waals surface area contributed by atoms with Gasteiger partial charge in [0.05, 0.1) is 13.1 Å². The minimum atomic E-state index is 0.149. The van der Waals surface area contributed by atoms with Crippen LogP contribution >= 0.6 is 0 Å². The van der Waals surface area contributed by atoms with Gasteiger partial charge in [-0.05, 0) is 76.1 Å². The summed E-state index contributed by atoms with van der Waals surface area (Å²) >= 11 is 0. The van der Waals surface area contributed by atoms with Crippen molar-refractivity contribution in [3.63, 3.8) is 0 Å². The summed E-state index contributed by atoms with van der Waals surface area (Å²) in [6.45, 7) is 8.61. The van der Waals surface area contributed by atoms with Crippen molar-refractivity contribution in [2.24, 2.45) is 9.98 Å². The standard InChI is InChI=1S/C30H42N4O4/c35-29-21-27(37-19-17-33-13-3-1-4-14-33)9-7-25(29)23-31-11-12-32-24-26-8-10-28(22-30(26)36)38-20-18-34-15-5-2-6-16-34/h7-10,21-24,35-36H,1-6,11-20H2. The molecule has 0 radical (unpaired) electrons. The van der Waals surface area contributed by atoms with E-state index in [-0.39, 0.29) is 11.5 Å². The van der Waals surface area contributed by atoms with Crippen LogP contribution in [0.15, 0.2) is 46.4 Å². The van der Waals surface area contributed by atoms with Gasteiger partial charge in [0.15, 0.2) is 0 Å². The lowest BCUT2D eigenvalue weighted by Crippen LogP contribution is -2.33. The van der Waals surface area contributed by atoms with Crippen molar-refractivity contribution in [3.8, 4) is 23.0 Å². The molecule has 0 bridgehead atoms. The summed E-state index contributed by atoms with van der Waals surface area (Å²) in [7, 11) is 0. The fraction of sp³-hybridized carbons (Fsp3) is 0.533. The number of ether oxygens (including phenoxy) is 2. The van der Waals surface area contributed by atoms with Crippen molar-refractivity contribution in [3.05, 3.63) is 47.5 Å². The smallest absolute Gasteiger partial charge is 0.128 e. The van der Waals surface area contributed by atoms with E-state index in [1.54, 1.807) is 24.6 Å². The Morgan fingerprint density at radius 2 is 1.05 bits per heavy atom. The van der Waals surface area contributed by atoms with Gasteiger partial charge in [-0.3, -0.25) is 19.8 Å². The number of hydrogen-bond donors (Lipinski definition) is 2. The Hall–Kier alpha value is -3.10. The number of phenols is 2. The average molecular weight is 523 g/mol. The molecule has 2 aromatic carbocycles. The van der Waals surface area contributed by atoms with Gasteiger partial charge in [0.1, 0.15) is 36.2 Å². The zero-order chi connectivity index (χ0) is 26.4. The maximum Gasteiger partial charge on any atom is 0.128 e. The number of piperidine rings is 2. The van der Waals surface area contributed by atoms with Crippen LogP contribution in [0.25, 0.3) is 0 Å². The van der Waals surface area contributed by atoms with E-state index in [4.69, 9.17) is 9.47 Å². The van der Waals surface area contributed by atoms with Crippen molar-refractivity contribution < 1.29 is 19.7 Å². The second-order valence-corrected chi connectivity index (χ2v) is 10.0. The average Bonchev–Trinajstić information content (AvgIpc) is 2.94. The van der Waals surface area contributed by atoms with Gasteiger partial charge in [-0.15, -0.1) is 0 Å². The first-order valence-electron chi connectivity index (χ1n) is 14.0. The van der Waals surface area contributed by atoms with Crippen molar-refractivity contribution in [2.75, 3.05) is 65.6 Å². The molecule has 0 unspecified atom stereocenters. The van der Waals surface area contributed by atoms with Crippen LogP contribution < -0.4 is 9.47 Å². The quantitative estimate of drug-likeness (QED) is 0.300. The molecule has 0 saturated carbocycles. The summed E-state index contributed by atoms with van der Waals surface area (Å²) in [6, 6.07) is 10.6. The van der Waals surface area contributed by atoms with E-state index in [0.29, 0.717) is 48.9 Å². The van der Waals surface area contributed by atoms with Crippen LogP contribution in [0.2, 0.25) is 0 Å². The van der Waals surface area contributed by atoms with Gasteiger partial charge in [0, 0.05) is 48.8 Å². The number of benzene rings is 2. The highest BCUT2D eigenvalue weighted by molar-refractivity contribution is 5.84. The fourth-order valence-corrected chi connectivity index (χ4v) is 4.84. The lowest BCUT2D eigenvalue weighted by molar-refractivity contribution is 0.183. The monoisotopic (exact) mass is 522 g/mol. The molecule has 2 aliphatic rings. The Balaban J connectivity index is 1.14. The van der Waals surface area contributed by atoms with Crippen molar-refractivity contribution in [1.29, 1.82) is 0 Å². The molecule has 2 N–H and O–H groups in total. The SMILES string of the molecule is Oc1cc(OCCN2CCCCC2)ccc1C=NCCN=Cc1ccc(OCCN2CCCCC2)cc1O. The van der Waals surface area contributed by atoms with E-state index < -0.39 is 0 Å². The molecule has 2 aliphatic heterocycles. The predicted molar refractivity (Wildman–Crippen MR) is 153 cm³/mol. The Bertz CT molecular complexity index is 963. The molecule has 0 atom stereocenters. The number of likely N-dealkylation sites (tertiary alicyclic amines) is 2. The molecule has 0 amide bonds. The summed E-state index contributed by atoms with van der Waals surface area (Å²) in [5.74, 6) is 1.63. The van der Waals surface area contributed by atoms with Gasteiger partial charge in [-0.1, -0.05) is 12.8 Å². The third-order valence-corrected chi connectivity index (χ3v) is 7.07. The van der Waals surface area contributed by atoms with Crippen LogP contribution in [-0.2, 0) is 0 Å². The van der Waals surface area contributed by atoms with Crippen LogP contribution in [-0.4, -0.2) is 98.0 Å². The molecule has 8 heteroatoms. The predicted octanol–water partition coefficient (Wildman–Crippen LogP) is 4.37. The molecule has 4 rings (SSSR count). The molecule has 2 saturated heterocycles. The number of phenolic OH excluding ortho intramolecular Hbond substituents is 2. The van der Waals surface area contributed by atoms with Crippen LogP contribution in [0.5, 0.6) is 23.0 Å². The van der Waals surface area contributed by atoms with Crippen molar-refractivity contribution in [2.45, 2.75) is 38.5 Å². The third-order valence-electron chi connectivity index (χ3n) is 7.07. The molecule has 0 aromatic heterocycles. The maximum absolute atomic E-state index is 10.3.